The number of methoxy groups -OCH3 is 1. The number of benzene rings is 1. The van der Waals surface area contributed by atoms with Gasteiger partial charge in [0.25, 0.3) is 0 Å². The van der Waals surface area contributed by atoms with Crippen LogP contribution in [0.3, 0.4) is 0 Å². The average Bonchev–Trinajstić information content (AvgIpc) is 2.21. The zero-order valence-corrected chi connectivity index (χ0v) is 8.18. The minimum Gasteiger partial charge on any atom is -0.372 e. The standard InChI is InChI=1S/C10H13F2NO/c1-10(6-13,14-2)7-3-4-8(11)9(12)5-7/h3-5H,6,13H2,1-2H3. The Kier molecular flexibility index (Phi) is 3.18. The fraction of sp³-hybridized carbons (Fsp3) is 0.400. The number of hydrogen-bond donors (Lipinski definition) is 1. The van der Waals surface area contributed by atoms with Crippen LogP contribution in [0.4, 0.5) is 8.78 Å². The Bertz CT molecular complexity index is 324. The number of hydrogen-bond acceptors (Lipinski definition) is 2. The van der Waals surface area contributed by atoms with E-state index >= 15 is 0 Å². The smallest absolute Gasteiger partial charge is 0.159 e. The maximum Gasteiger partial charge on any atom is 0.159 e. The molecule has 1 rings (SSSR count). The zero-order valence-electron chi connectivity index (χ0n) is 8.18. The SMILES string of the molecule is COC(C)(CN)c1ccc(F)c(F)c1. The Morgan fingerprint density at radius 2 is 2.00 bits per heavy atom. The molecule has 2 nitrogen and oxygen atoms in total. The molecular formula is C10H13F2NO. The van der Waals surface area contributed by atoms with E-state index in [1.807, 2.05) is 0 Å². The lowest BCUT2D eigenvalue weighted by Gasteiger charge is -2.26. The van der Waals surface area contributed by atoms with Crippen LogP contribution in [0, 0.1) is 11.6 Å². The summed E-state index contributed by atoms with van der Waals surface area (Å²) >= 11 is 0. The van der Waals surface area contributed by atoms with Crippen LogP contribution >= 0.6 is 0 Å². The van der Waals surface area contributed by atoms with Gasteiger partial charge in [0.05, 0.1) is 0 Å². The first-order valence-corrected chi connectivity index (χ1v) is 4.24. The topological polar surface area (TPSA) is 35.2 Å². The molecule has 1 aromatic rings. The van der Waals surface area contributed by atoms with E-state index in [9.17, 15) is 8.78 Å². The third kappa shape index (κ3) is 1.91. The molecule has 0 aromatic heterocycles. The van der Waals surface area contributed by atoms with Gasteiger partial charge in [-0.1, -0.05) is 6.07 Å². The highest BCUT2D eigenvalue weighted by molar-refractivity contribution is 5.24. The summed E-state index contributed by atoms with van der Waals surface area (Å²) in [5.74, 6) is -1.76. The van der Waals surface area contributed by atoms with Crippen LogP contribution in [0.5, 0.6) is 0 Å². The highest BCUT2D eigenvalue weighted by Gasteiger charge is 2.25. The van der Waals surface area contributed by atoms with Crippen LogP contribution in [0.25, 0.3) is 0 Å². The summed E-state index contributed by atoms with van der Waals surface area (Å²) < 4.78 is 30.7. The molecule has 0 saturated carbocycles. The second-order valence-electron chi connectivity index (χ2n) is 3.27. The summed E-state index contributed by atoms with van der Waals surface area (Å²) in [4.78, 5) is 0. The van der Waals surface area contributed by atoms with Crippen molar-refractivity contribution >= 4 is 0 Å². The van der Waals surface area contributed by atoms with Crippen LogP contribution in [0.2, 0.25) is 0 Å². The maximum atomic E-state index is 12.9. The Morgan fingerprint density at radius 1 is 1.36 bits per heavy atom. The summed E-state index contributed by atoms with van der Waals surface area (Å²) in [5, 5.41) is 0. The molecule has 0 bridgehead atoms. The third-order valence-electron chi connectivity index (χ3n) is 2.37. The van der Waals surface area contributed by atoms with Gasteiger partial charge in [-0.2, -0.15) is 0 Å². The van der Waals surface area contributed by atoms with Gasteiger partial charge < -0.3 is 10.5 Å². The molecule has 78 valence electrons. The van der Waals surface area contributed by atoms with E-state index in [1.165, 1.54) is 13.2 Å². The predicted octanol–water partition coefficient (Wildman–Crippen LogP) is 1.79. The van der Waals surface area contributed by atoms with Gasteiger partial charge in [0.1, 0.15) is 5.60 Å². The fourth-order valence-corrected chi connectivity index (χ4v) is 1.14. The van der Waals surface area contributed by atoms with Crippen molar-refractivity contribution in [3.63, 3.8) is 0 Å². The molecule has 1 unspecified atom stereocenters. The number of rotatable bonds is 3. The van der Waals surface area contributed by atoms with Crippen LogP contribution in [0.1, 0.15) is 12.5 Å². The lowest BCUT2D eigenvalue weighted by molar-refractivity contribution is 0.00976. The second kappa shape index (κ2) is 4.02. The number of halogens is 2. The van der Waals surface area contributed by atoms with E-state index in [0.29, 0.717) is 5.56 Å². The lowest BCUT2D eigenvalue weighted by atomic mass is 9.96. The van der Waals surface area contributed by atoms with Crippen molar-refractivity contribution in [2.24, 2.45) is 5.73 Å². The second-order valence-corrected chi connectivity index (χ2v) is 3.27. The van der Waals surface area contributed by atoms with Gasteiger partial charge in [-0.3, -0.25) is 0 Å². The van der Waals surface area contributed by atoms with Crippen LogP contribution < -0.4 is 5.73 Å². The van der Waals surface area contributed by atoms with Crippen molar-refractivity contribution in [3.05, 3.63) is 35.4 Å². The monoisotopic (exact) mass is 201 g/mol. The van der Waals surface area contributed by atoms with Gasteiger partial charge in [-0.05, 0) is 24.6 Å². The van der Waals surface area contributed by atoms with Gasteiger partial charge in [0, 0.05) is 13.7 Å². The molecule has 0 spiro atoms. The van der Waals surface area contributed by atoms with Gasteiger partial charge in [-0.15, -0.1) is 0 Å². The molecule has 1 aromatic carbocycles. The van der Waals surface area contributed by atoms with Gasteiger partial charge in [-0.25, -0.2) is 8.78 Å². The Labute approximate surface area is 81.7 Å². The summed E-state index contributed by atoms with van der Waals surface area (Å²) in [5.41, 5.74) is 5.26. The molecule has 4 heteroatoms. The maximum absolute atomic E-state index is 12.9. The molecule has 2 N–H and O–H groups in total. The summed E-state index contributed by atoms with van der Waals surface area (Å²) in [6.07, 6.45) is 0. The molecule has 0 saturated heterocycles. The van der Waals surface area contributed by atoms with Gasteiger partial charge in [0.2, 0.25) is 0 Å². The van der Waals surface area contributed by atoms with Crippen molar-refractivity contribution in [1.82, 2.24) is 0 Å². The molecule has 1 atom stereocenters. The zero-order chi connectivity index (χ0) is 10.8. The molecule has 0 heterocycles. The molecule has 0 amide bonds. The van der Waals surface area contributed by atoms with E-state index in [-0.39, 0.29) is 6.54 Å². The Morgan fingerprint density at radius 3 is 2.43 bits per heavy atom. The third-order valence-corrected chi connectivity index (χ3v) is 2.37. The predicted molar refractivity (Wildman–Crippen MR) is 49.8 cm³/mol. The first-order chi connectivity index (χ1) is 6.53. The van der Waals surface area contributed by atoms with Crippen LogP contribution in [-0.4, -0.2) is 13.7 Å². The summed E-state index contributed by atoms with van der Waals surface area (Å²) in [7, 11) is 1.48. The van der Waals surface area contributed by atoms with Gasteiger partial charge >= 0.3 is 0 Å². The van der Waals surface area contributed by atoms with Crippen LogP contribution in [-0.2, 0) is 10.3 Å². The molecule has 0 aliphatic rings. The lowest BCUT2D eigenvalue weighted by Crippen LogP contribution is -2.33. The van der Waals surface area contributed by atoms with Crippen molar-refractivity contribution in [2.75, 3.05) is 13.7 Å². The summed E-state index contributed by atoms with van der Waals surface area (Å²) in [6, 6.07) is 3.64. The molecule has 0 radical (unpaired) electrons. The largest absolute Gasteiger partial charge is 0.372 e. The number of nitrogens with two attached hydrogens (primary N) is 1. The van der Waals surface area contributed by atoms with Crippen LogP contribution in [0.15, 0.2) is 18.2 Å². The number of ether oxygens (including phenoxy) is 1. The fourth-order valence-electron chi connectivity index (χ4n) is 1.14. The van der Waals surface area contributed by atoms with Crippen molar-refractivity contribution < 1.29 is 13.5 Å². The first kappa shape index (κ1) is 11.1. The Hall–Kier alpha value is -1.00. The van der Waals surface area contributed by atoms with Crippen molar-refractivity contribution in [1.29, 1.82) is 0 Å². The first-order valence-electron chi connectivity index (χ1n) is 4.24. The highest BCUT2D eigenvalue weighted by Crippen LogP contribution is 2.24. The highest BCUT2D eigenvalue weighted by atomic mass is 19.2. The van der Waals surface area contributed by atoms with Crippen molar-refractivity contribution in [3.8, 4) is 0 Å². The quantitative estimate of drug-likeness (QED) is 0.809. The molecule has 14 heavy (non-hydrogen) atoms. The van der Waals surface area contributed by atoms with E-state index < -0.39 is 17.2 Å². The van der Waals surface area contributed by atoms with Gasteiger partial charge in [0.15, 0.2) is 11.6 Å². The minimum absolute atomic E-state index is 0.203. The molecular weight excluding hydrogens is 188 g/mol. The molecule has 0 aliphatic carbocycles. The normalized spacial score (nSPS) is 15.2. The van der Waals surface area contributed by atoms with E-state index in [2.05, 4.69) is 0 Å². The van der Waals surface area contributed by atoms with E-state index in [1.54, 1.807) is 6.92 Å². The average molecular weight is 201 g/mol. The van der Waals surface area contributed by atoms with E-state index in [4.69, 9.17) is 10.5 Å². The Balaban J connectivity index is 3.12. The molecule has 0 aliphatic heterocycles. The molecule has 0 fully saturated rings. The summed E-state index contributed by atoms with van der Waals surface area (Å²) in [6.45, 7) is 1.92. The van der Waals surface area contributed by atoms with Crippen molar-refractivity contribution in [2.45, 2.75) is 12.5 Å². The minimum atomic E-state index is -0.890. The van der Waals surface area contributed by atoms with E-state index in [0.717, 1.165) is 12.1 Å².